The van der Waals surface area contributed by atoms with E-state index in [4.69, 9.17) is 4.74 Å². The fourth-order valence-electron chi connectivity index (χ4n) is 2.13. The molecular formula is C15H18IN3O4. The minimum Gasteiger partial charge on any atom is -0.444 e. The highest BCUT2D eigenvalue weighted by Crippen LogP contribution is 2.35. The van der Waals surface area contributed by atoms with Crippen molar-refractivity contribution in [2.24, 2.45) is 0 Å². The second-order valence-corrected chi connectivity index (χ2v) is 7.24. The number of rotatable bonds is 3. The van der Waals surface area contributed by atoms with Gasteiger partial charge in [-0.3, -0.25) is 15.4 Å². The lowest BCUT2D eigenvalue weighted by atomic mass is 10.2. The number of carbonyl (C=O) groups is 1. The van der Waals surface area contributed by atoms with Crippen LogP contribution in [0.4, 0.5) is 21.9 Å². The molecule has 0 bridgehead atoms. The van der Waals surface area contributed by atoms with Gasteiger partial charge in [0.25, 0.3) is 5.69 Å². The number of halogens is 1. The van der Waals surface area contributed by atoms with Gasteiger partial charge < -0.3 is 9.64 Å². The van der Waals surface area contributed by atoms with E-state index < -0.39 is 16.6 Å². The minimum atomic E-state index is -0.715. The van der Waals surface area contributed by atoms with Crippen molar-refractivity contribution in [3.8, 4) is 0 Å². The summed E-state index contributed by atoms with van der Waals surface area (Å²) in [6.07, 6.45) is 3.34. The van der Waals surface area contributed by atoms with Gasteiger partial charge in [-0.1, -0.05) is 12.2 Å². The molecule has 0 aromatic heterocycles. The Morgan fingerprint density at radius 1 is 1.35 bits per heavy atom. The predicted molar refractivity (Wildman–Crippen MR) is 97.0 cm³/mol. The van der Waals surface area contributed by atoms with Gasteiger partial charge >= 0.3 is 6.09 Å². The van der Waals surface area contributed by atoms with E-state index >= 15 is 0 Å². The van der Waals surface area contributed by atoms with E-state index in [9.17, 15) is 14.9 Å². The van der Waals surface area contributed by atoms with Crippen molar-refractivity contribution in [1.29, 1.82) is 0 Å². The van der Waals surface area contributed by atoms with E-state index in [-0.39, 0.29) is 11.4 Å². The maximum Gasteiger partial charge on any atom is 0.412 e. The van der Waals surface area contributed by atoms with Crippen LogP contribution in [-0.2, 0) is 4.74 Å². The fraction of sp³-hybridized carbons (Fsp3) is 0.400. The maximum absolute atomic E-state index is 11.9. The zero-order valence-corrected chi connectivity index (χ0v) is 15.3. The number of anilines is 2. The molecule has 0 spiro atoms. The summed E-state index contributed by atoms with van der Waals surface area (Å²) in [4.78, 5) is 24.7. The lowest BCUT2D eigenvalue weighted by molar-refractivity contribution is -0.384. The van der Waals surface area contributed by atoms with Crippen LogP contribution in [0.3, 0.4) is 0 Å². The Kier molecular flexibility index (Phi) is 5.12. The number of amides is 1. The van der Waals surface area contributed by atoms with E-state index in [1.165, 1.54) is 6.07 Å². The number of nitro groups is 1. The average molecular weight is 431 g/mol. The molecule has 8 heteroatoms. The van der Waals surface area contributed by atoms with Crippen LogP contribution in [0.15, 0.2) is 24.3 Å². The number of nitrogens with one attached hydrogen (secondary N) is 1. The highest BCUT2D eigenvalue weighted by atomic mass is 127. The minimum absolute atomic E-state index is 0.131. The number of hydrogen-bond donors (Lipinski definition) is 1. The summed E-state index contributed by atoms with van der Waals surface area (Å²) in [7, 11) is 0. The Labute approximate surface area is 148 Å². The molecule has 23 heavy (non-hydrogen) atoms. The number of hydrogen-bond acceptors (Lipinski definition) is 5. The Bertz CT molecular complexity index is 659. The van der Waals surface area contributed by atoms with E-state index in [0.717, 1.165) is 22.3 Å². The molecule has 0 unspecified atom stereocenters. The second-order valence-electron chi connectivity index (χ2n) is 6.08. The molecule has 2 rings (SSSR count). The number of carbonyl (C=O) groups excluding carboxylic acids is 1. The summed E-state index contributed by atoms with van der Waals surface area (Å²) in [5.74, 6) is 0. The predicted octanol–water partition coefficient (Wildman–Crippen LogP) is 3.92. The van der Waals surface area contributed by atoms with Crippen LogP contribution in [0.5, 0.6) is 0 Å². The third-order valence-corrected chi connectivity index (χ3v) is 3.92. The number of nitro benzene ring substituents is 1. The highest BCUT2D eigenvalue weighted by molar-refractivity contribution is 14.1. The first kappa shape index (κ1) is 17.5. The van der Waals surface area contributed by atoms with E-state index in [2.05, 4.69) is 32.8 Å². The van der Waals surface area contributed by atoms with Crippen LogP contribution in [0.1, 0.15) is 20.8 Å². The molecular weight excluding hydrogens is 413 g/mol. The Balaban J connectivity index is 2.33. The summed E-state index contributed by atoms with van der Waals surface area (Å²) in [5, 5.41) is 13.7. The summed E-state index contributed by atoms with van der Waals surface area (Å²) in [6, 6.07) is 3.08. The van der Waals surface area contributed by atoms with Crippen molar-refractivity contribution in [3.63, 3.8) is 0 Å². The van der Waals surface area contributed by atoms with Crippen molar-refractivity contribution < 1.29 is 14.5 Å². The highest BCUT2D eigenvalue weighted by Gasteiger charge is 2.24. The largest absolute Gasteiger partial charge is 0.444 e. The van der Waals surface area contributed by atoms with Crippen molar-refractivity contribution in [2.75, 3.05) is 23.3 Å². The lowest BCUT2D eigenvalue weighted by Crippen LogP contribution is -2.27. The molecule has 124 valence electrons. The molecule has 0 atom stereocenters. The zero-order chi connectivity index (χ0) is 17.2. The molecule has 1 aliphatic heterocycles. The van der Waals surface area contributed by atoms with E-state index in [1.54, 1.807) is 26.8 Å². The van der Waals surface area contributed by atoms with Gasteiger partial charge in [0.05, 0.1) is 10.6 Å². The SMILES string of the molecule is CC(C)(C)OC(=O)Nc1cc(N2CC=CC2)c(I)cc1[N+](=O)[O-]. The molecule has 1 aromatic rings. The summed E-state index contributed by atoms with van der Waals surface area (Å²) in [6.45, 7) is 6.67. The average Bonchev–Trinajstić information content (AvgIpc) is 2.91. The molecule has 1 heterocycles. The van der Waals surface area contributed by atoms with Crippen LogP contribution in [0.25, 0.3) is 0 Å². The molecule has 1 aliphatic rings. The first-order valence-electron chi connectivity index (χ1n) is 7.05. The van der Waals surface area contributed by atoms with Crippen LogP contribution >= 0.6 is 22.6 Å². The molecule has 0 radical (unpaired) electrons. The third-order valence-electron chi connectivity index (χ3n) is 3.06. The van der Waals surface area contributed by atoms with Crippen LogP contribution in [-0.4, -0.2) is 29.7 Å². The molecule has 0 fully saturated rings. The van der Waals surface area contributed by atoms with E-state index in [0.29, 0.717) is 0 Å². The van der Waals surface area contributed by atoms with Gasteiger partial charge in [-0.2, -0.15) is 0 Å². The van der Waals surface area contributed by atoms with Gasteiger partial charge in [0.1, 0.15) is 11.3 Å². The quantitative estimate of drug-likeness (QED) is 0.340. The smallest absolute Gasteiger partial charge is 0.412 e. The molecule has 7 nitrogen and oxygen atoms in total. The van der Waals surface area contributed by atoms with Gasteiger partial charge in [0.15, 0.2) is 0 Å². The van der Waals surface area contributed by atoms with Crippen molar-refractivity contribution in [2.45, 2.75) is 26.4 Å². The Morgan fingerprint density at radius 3 is 2.48 bits per heavy atom. The summed E-state index contributed by atoms with van der Waals surface area (Å²) < 4.78 is 5.93. The number of benzene rings is 1. The van der Waals surface area contributed by atoms with Gasteiger partial charge in [-0.25, -0.2) is 4.79 Å². The van der Waals surface area contributed by atoms with E-state index in [1.807, 2.05) is 12.2 Å². The summed E-state index contributed by atoms with van der Waals surface area (Å²) >= 11 is 2.06. The van der Waals surface area contributed by atoms with Gasteiger partial charge in [0.2, 0.25) is 0 Å². The molecule has 1 N–H and O–H groups in total. The third kappa shape index (κ3) is 4.57. The standard InChI is InChI=1S/C15H18IN3O4/c1-15(2,3)23-14(20)17-11-9-12(18-6-4-5-7-18)10(16)8-13(11)19(21)22/h4-5,8-9H,6-7H2,1-3H3,(H,17,20). The van der Waals surface area contributed by atoms with Crippen LogP contribution < -0.4 is 10.2 Å². The number of ether oxygens (including phenoxy) is 1. The maximum atomic E-state index is 11.9. The van der Waals surface area contributed by atoms with Crippen LogP contribution in [0, 0.1) is 13.7 Å². The molecule has 1 amide bonds. The first-order valence-corrected chi connectivity index (χ1v) is 8.13. The molecule has 0 saturated carbocycles. The molecule has 0 aliphatic carbocycles. The zero-order valence-electron chi connectivity index (χ0n) is 13.1. The first-order chi connectivity index (χ1) is 10.7. The second kappa shape index (κ2) is 6.73. The van der Waals surface area contributed by atoms with Gasteiger partial charge in [-0.15, -0.1) is 0 Å². The van der Waals surface area contributed by atoms with Crippen molar-refractivity contribution in [1.82, 2.24) is 0 Å². The number of nitrogens with zero attached hydrogens (tertiary/aromatic N) is 2. The molecule has 1 aromatic carbocycles. The lowest BCUT2D eigenvalue weighted by Gasteiger charge is -2.22. The molecule has 0 saturated heterocycles. The Morgan fingerprint density at radius 2 is 1.96 bits per heavy atom. The van der Waals surface area contributed by atoms with Crippen molar-refractivity contribution in [3.05, 3.63) is 38.0 Å². The van der Waals surface area contributed by atoms with Crippen LogP contribution in [0.2, 0.25) is 0 Å². The monoisotopic (exact) mass is 431 g/mol. The fourth-order valence-corrected chi connectivity index (χ4v) is 2.92. The van der Waals surface area contributed by atoms with Crippen molar-refractivity contribution >= 4 is 45.7 Å². The topological polar surface area (TPSA) is 84.7 Å². The normalized spacial score (nSPS) is 14.0. The van der Waals surface area contributed by atoms with Gasteiger partial charge in [-0.05, 0) is 49.4 Å². The van der Waals surface area contributed by atoms with Gasteiger partial charge in [0, 0.05) is 22.7 Å². The Hall–Kier alpha value is -1.84. The summed E-state index contributed by atoms with van der Waals surface area (Å²) in [5.41, 5.74) is 0.138.